The predicted octanol–water partition coefficient (Wildman–Crippen LogP) is 5.18. The minimum Gasteiger partial charge on any atom is -0.293 e. The third-order valence-electron chi connectivity index (χ3n) is 4.36. The number of nitro groups is 1. The molecule has 0 atom stereocenters. The quantitative estimate of drug-likeness (QED) is 0.145. The molecular weight excluding hydrogens is 386 g/mol. The summed E-state index contributed by atoms with van der Waals surface area (Å²) in [6.07, 6.45) is 0. The summed E-state index contributed by atoms with van der Waals surface area (Å²) in [6.45, 7) is 0. The van der Waals surface area contributed by atoms with Crippen LogP contribution in [0.2, 0.25) is 0 Å². The summed E-state index contributed by atoms with van der Waals surface area (Å²) in [5.74, 6) is 0.00705. The molecule has 0 N–H and O–H groups in total. The monoisotopic (exact) mass is 401 g/mol. The van der Waals surface area contributed by atoms with Gasteiger partial charge in [-0.05, 0) is 18.2 Å². The van der Waals surface area contributed by atoms with Crippen molar-refractivity contribution in [2.75, 3.05) is 5.75 Å². The highest BCUT2D eigenvalue weighted by Crippen LogP contribution is 2.28. The molecular formula is C22H15N3O3S. The first kappa shape index (κ1) is 18.8. The predicted molar refractivity (Wildman–Crippen MR) is 113 cm³/mol. The van der Waals surface area contributed by atoms with Gasteiger partial charge in [0.05, 0.1) is 21.9 Å². The Morgan fingerprint density at radius 2 is 1.59 bits per heavy atom. The van der Waals surface area contributed by atoms with Crippen LogP contribution in [-0.4, -0.2) is 26.4 Å². The van der Waals surface area contributed by atoms with E-state index in [1.807, 2.05) is 54.6 Å². The first-order chi connectivity index (χ1) is 14.1. The van der Waals surface area contributed by atoms with Crippen LogP contribution in [0.1, 0.15) is 10.4 Å². The molecule has 0 unspecified atom stereocenters. The van der Waals surface area contributed by atoms with Gasteiger partial charge in [0.25, 0.3) is 5.69 Å². The summed E-state index contributed by atoms with van der Waals surface area (Å²) in [4.78, 5) is 32.0. The van der Waals surface area contributed by atoms with Crippen molar-refractivity contribution >= 4 is 34.1 Å². The van der Waals surface area contributed by atoms with Gasteiger partial charge in [-0.15, -0.1) is 0 Å². The van der Waals surface area contributed by atoms with Gasteiger partial charge in [0, 0.05) is 28.6 Å². The van der Waals surface area contributed by atoms with Gasteiger partial charge in [-0.25, -0.2) is 9.97 Å². The number of fused-ring (bicyclic) bond motifs is 1. The summed E-state index contributed by atoms with van der Waals surface area (Å²) >= 11 is 1.25. The van der Waals surface area contributed by atoms with Crippen LogP contribution in [0.3, 0.4) is 0 Å². The molecule has 6 nitrogen and oxygen atoms in total. The number of nitrogens with zero attached hydrogens (tertiary/aromatic N) is 3. The lowest BCUT2D eigenvalue weighted by atomic mass is 10.1. The second-order valence-corrected chi connectivity index (χ2v) is 7.20. The molecule has 1 heterocycles. The summed E-state index contributed by atoms with van der Waals surface area (Å²) < 4.78 is 0. The van der Waals surface area contributed by atoms with Crippen LogP contribution in [-0.2, 0) is 0 Å². The summed E-state index contributed by atoms with van der Waals surface area (Å²) in [5, 5.41) is 12.2. The van der Waals surface area contributed by atoms with E-state index in [1.165, 1.54) is 36.0 Å². The number of non-ortho nitro benzene ring substituents is 1. The average Bonchev–Trinajstić information content (AvgIpc) is 2.77. The average molecular weight is 401 g/mol. The molecule has 0 amide bonds. The number of nitro benzene ring substituents is 1. The molecule has 1 aromatic heterocycles. The van der Waals surface area contributed by atoms with Crippen molar-refractivity contribution in [1.29, 1.82) is 0 Å². The zero-order valence-corrected chi connectivity index (χ0v) is 16.0. The maximum atomic E-state index is 12.5. The Morgan fingerprint density at radius 1 is 0.897 bits per heavy atom. The summed E-state index contributed by atoms with van der Waals surface area (Å²) in [6, 6.07) is 23.2. The van der Waals surface area contributed by atoms with E-state index >= 15 is 0 Å². The van der Waals surface area contributed by atoms with E-state index in [-0.39, 0.29) is 17.2 Å². The van der Waals surface area contributed by atoms with Crippen LogP contribution in [0.25, 0.3) is 22.2 Å². The molecule has 29 heavy (non-hydrogen) atoms. The third-order valence-corrected chi connectivity index (χ3v) is 5.21. The van der Waals surface area contributed by atoms with E-state index in [9.17, 15) is 14.9 Å². The minimum atomic E-state index is -0.489. The van der Waals surface area contributed by atoms with Crippen molar-refractivity contribution in [3.8, 4) is 11.3 Å². The molecule has 0 aliphatic heterocycles. The molecule has 4 aromatic rings. The van der Waals surface area contributed by atoms with E-state index in [1.54, 1.807) is 0 Å². The lowest BCUT2D eigenvalue weighted by Gasteiger charge is -2.08. The Morgan fingerprint density at radius 3 is 2.31 bits per heavy atom. The molecule has 0 bridgehead atoms. The maximum absolute atomic E-state index is 12.5. The number of aromatic nitrogens is 2. The van der Waals surface area contributed by atoms with E-state index < -0.39 is 4.92 Å². The van der Waals surface area contributed by atoms with Crippen molar-refractivity contribution in [2.24, 2.45) is 0 Å². The molecule has 4 rings (SSSR count). The third kappa shape index (κ3) is 4.14. The Bertz CT molecular complexity index is 1200. The number of rotatable bonds is 6. The zero-order valence-electron chi connectivity index (χ0n) is 15.2. The van der Waals surface area contributed by atoms with Gasteiger partial charge in [0.1, 0.15) is 0 Å². The van der Waals surface area contributed by atoms with Crippen LogP contribution in [0.5, 0.6) is 0 Å². The van der Waals surface area contributed by atoms with Crippen molar-refractivity contribution in [2.45, 2.75) is 5.16 Å². The second kappa shape index (κ2) is 8.20. The molecule has 0 aliphatic rings. The number of para-hydroxylation sites is 1. The molecule has 3 aromatic carbocycles. The fourth-order valence-corrected chi connectivity index (χ4v) is 3.66. The van der Waals surface area contributed by atoms with Crippen LogP contribution in [0.4, 0.5) is 5.69 Å². The smallest absolute Gasteiger partial charge is 0.269 e. The number of Topliss-reactive ketones (excluding diaryl/α,β-unsaturated/α-hetero) is 1. The highest BCUT2D eigenvalue weighted by Gasteiger charge is 2.13. The zero-order chi connectivity index (χ0) is 20.2. The highest BCUT2D eigenvalue weighted by atomic mass is 32.2. The van der Waals surface area contributed by atoms with Crippen molar-refractivity contribution in [3.05, 3.63) is 94.5 Å². The first-order valence-electron chi connectivity index (χ1n) is 8.84. The number of hydrogen-bond donors (Lipinski definition) is 0. The lowest BCUT2D eigenvalue weighted by molar-refractivity contribution is -0.384. The van der Waals surface area contributed by atoms with E-state index in [0.717, 1.165) is 22.2 Å². The molecule has 0 aliphatic carbocycles. The maximum Gasteiger partial charge on any atom is 0.269 e. The van der Waals surface area contributed by atoms with E-state index in [2.05, 4.69) is 9.97 Å². The summed E-state index contributed by atoms with van der Waals surface area (Å²) in [5.41, 5.74) is 2.99. The Hall–Kier alpha value is -3.58. The van der Waals surface area contributed by atoms with Crippen LogP contribution < -0.4 is 0 Å². The van der Waals surface area contributed by atoms with Gasteiger partial charge in [0.2, 0.25) is 0 Å². The van der Waals surface area contributed by atoms with E-state index in [4.69, 9.17) is 0 Å². The molecule has 0 radical (unpaired) electrons. The molecule has 7 heteroatoms. The van der Waals surface area contributed by atoms with Gasteiger partial charge in [-0.2, -0.15) is 0 Å². The SMILES string of the molecule is O=C(CSc1nc(-c2ccccc2)c2ccccc2n1)c1ccc([N+](=O)[O-])cc1. The van der Waals surface area contributed by atoms with Gasteiger partial charge in [0.15, 0.2) is 10.9 Å². The topological polar surface area (TPSA) is 86.0 Å². The van der Waals surface area contributed by atoms with Crippen molar-refractivity contribution in [3.63, 3.8) is 0 Å². The molecule has 0 saturated carbocycles. The highest BCUT2D eigenvalue weighted by molar-refractivity contribution is 7.99. The molecule has 0 spiro atoms. The van der Waals surface area contributed by atoms with Crippen LogP contribution in [0, 0.1) is 10.1 Å². The summed E-state index contributed by atoms with van der Waals surface area (Å²) in [7, 11) is 0. The molecule has 142 valence electrons. The number of benzene rings is 3. The number of carbonyl (C=O) groups excluding carboxylic acids is 1. The van der Waals surface area contributed by atoms with Crippen LogP contribution in [0.15, 0.2) is 84.0 Å². The largest absolute Gasteiger partial charge is 0.293 e. The Balaban J connectivity index is 1.60. The normalized spacial score (nSPS) is 10.8. The number of thioether (sulfide) groups is 1. The van der Waals surface area contributed by atoms with Gasteiger partial charge >= 0.3 is 0 Å². The Labute approximate surface area is 170 Å². The van der Waals surface area contributed by atoms with Gasteiger partial charge in [-0.3, -0.25) is 14.9 Å². The fourth-order valence-electron chi connectivity index (χ4n) is 2.92. The number of ketones is 1. The minimum absolute atomic E-state index is 0.0421. The fraction of sp³-hybridized carbons (Fsp3) is 0.0455. The molecule has 0 saturated heterocycles. The van der Waals surface area contributed by atoms with Crippen molar-refractivity contribution < 1.29 is 9.72 Å². The van der Waals surface area contributed by atoms with Crippen LogP contribution >= 0.6 is 11.8 Å². The standard InChI is InChI=1S/C22H15N3O3S/c26-20(15-10-12-17(13-11-15)25(27)28)14-29-22-23-19-9-5-4-8-18(19)21(24-22)16-6-2-1-3-7-16/h1-13H,14H2. The lowest BCUT2D eigenvalue weighted by Crippen LogP contribution is -2.04. The second-order valence-electron chi connectivity index (χ2n) is 6.25. The van der Waals surface area contributed by atoms with Gasteiger partial charge in [-0.1, -0.05) is 60.3 Å². The van der Waals surface area contributed by atoms with Crippen molar-refractivity contribution in [1.82, 2.24) is 9.97 Å². The Kier molecular flexibility index (Phi) is 5.31. The van der Waals surface area contributed by atoms with Gasteiger partial charge < -0.3 is 0 Å². The number of carbonyl (C=O) groups is 1. The van der Waals surface area contributed by atoms with E-state index in [0.29, 0.717) is 10.7 Å². The first-order valence-corrected chi connectivity index (χ1v) is 9.83. The molecule has 0 fully saturated rings. The number of hydrogen-bond acceptors (Lipinski definition) is 6.